The van der Waals surface area contributed by atoms with Crippen molar-refractivity contribution in [3.8, 4) is 0 Å². The van der Waals surface area contributed by atoms with Crippen LogP contribution in [0.15, 0.2) is 43.0 Å². The summed E-state index contributed by atoms with van der Waals surface area (Å²) in [4.78, 5) is 22.0. The summed E-state index contributed by atoms with van der Waals surface area (Å²) in [5.74, 6) is 2.40. The summed E-state index contributed by atoms with van der Waals surface area (Å²) in [6, 6.07) is 8.43. The zero-order chi connectivity index (χ0) is 18.5. The Labute approximate surface area is 165 Å². The van der Waals surface area contributed by atoms with Crippen molar-refractivity contribution in [1.29, 1.82) is 0 Å². The number of thioether (sulfide) groups is 1. The van der Waals surface area contributed by atoms with Crippen molar-refractivity contribution in [2.24, 2.45) is 0 Å². The lowest BCUT2D eigenvalue weighted by atomic mass is 10.1. The van der Waals surface area contributed by atoms with Gasteiger partial charge in [-0.25, -0.2) is 4.98 Å². The Kier molecular flexibility index (Phi) is 6.14. The van der Waals surface area contributed by atoms with Crippen molar-refractivity contribution < 1.29 is 4.79 Å². The zero-order valence-electron chi connectivity index (χ0n) is 15.8. The molecule has 0 radical (unpaired) electrons. The van der Waals surface area contributed by atoms with E-state index in [0.29, 0.717) is 6.04 Å². The van der Waals surface area contributed by atoms with E-state index in [9.17, 15) is 4.79 Å². The summed E-state index contributed by atoms with van der Waals surface area (Å²) < 4.78 is 2.04. The van der Waals surface area contributed by atoms with E-state index in [2.05, 4.69) is 26.9 Å². The molecular formula is C21H28N4OS. The maximum absolute atomic E-state index is 13.2. The molecule has 1 aromatic heterocycles. The van der Waals surface area contributed by atoms with E-state index in [4.69, 9.17) is 0 Å². The van der Waals surface area contributed by atoms with E-state index in [1.807, 2.05) is 41.0 Å². The molecule has 3 heterocycles. The van der Waals surface area contributed by atoms with Gasteiger partial charge in [0.05, 0.1) is 12.4 Å². The van der Waals surface area contributed by atoms with Gasteiger partial charge in [0.1, 0.15) is 0 Å². The van der Waals surface area contributed by atoms with Gasteiger partial charge in [-0.2, -0.15) is 11.8 Å². The van der Waals surface area contributed by atoms with Crippen LogP contribution in [0.5, 0.6) is 0 Å². The summed E-state index contributed by atoms with van der Waals surface area (Å²) in [5, 5.41) is 0. The predicted octanol–water partition coefficient (Wildman–Crippen LogP) is 2.97. The maximum Gasteiger partial charge on any atom is 0.254 e. The minimum absolute atomic E-state index is 0.191. The van der Waals surface area contributed by atoms with E-state index < -0.39 is 0 Å². The van der Waals surface area contributed by atoms with Gasteiger partial charge in [-0.3, -0.25) is 4.79 Å². The highest BCUT2D eigenvalue weighted by Crippen LogP contribution is 2.21. The molecule has 5 nitrogen and oxygen atoms in total. The number of carbonyl (C=O) groups excluding carboxylic acids is 1. The molecule has 0 aliphatic carbocycles. The van der Waals surface area contributed by atoms with Crippen LogP contribution >= 0.6 is 11.8 Å². The van der Waals surface area contributed by atoms with E-state index >= 15 is 0 Å². The molecule has 6 heteroatoms. The summed E-state index contributed by atoms with van der Waals surface area (Å²) in [6.07, 6.45) is 9.24. The van der Waals surface area contributed by atoms with Crippen LogP contribution in [0.3, 0.4) is 0 Å². The van der Waals surface area contributed by atoms with Crippen molar-refractivity contribution in [2.45, 2.75) is 31.8 Å². The first kappa shape index (κ1) is 18.6. The summed E-state index contributed by atoms with van der Waals surface area (Å²) >= 11 is 2.00. The molecule has 2 aliphatic heterocycles. The smallest absolute Gasteiger partial charge is 0.254 e. The number of benzene rings is 1. The first-order valence-electron chi connectivity index (χ1n) is 9.95. The van der Waals surface area contributed by atoms with Gasteiger partial charge in [0, 0.05) is 43.3 Å². The molecule has 2 saturated heterocycles. The van der Waals surface area contributed by atoms with Crippen molar-refractivity contribution in [3.05, 3.63) is 54.1 Å². The number of likely N-dealkylation sites (tertiary alicyclic amines) is 1. The molecule has 1 unspecified atom stereocenters. The molecule has 27 heavy (non-hydrogen) atoms. The lowest BCUT2D eigenvalue weighted by molar-refractivity contribution is 0.0666. The van der Waals surface area contributed by atoms with Crippen LogP contribution in [0, 0.1) is 0 Å². The van der Waals surface area contributed by atoms with Gasteiger partial charge >= 0.3 is 0 Å². The lowest BCUT2D eigenvalue weighted by Gasteiger charge is -2.32. The quantitative estimate of drug-likeness (QED) is 0.795. The second-order valence-corrected chi connectivity index (χ2v) is 8.67. The molecule has 144 valence electrons. The second kappa shape index (κ2) is 8.93. The normalized spacial score (nSPS) is 21.3. The van der Waals surface area contributed by atoms with Crippen molar-refractivity contribution in [3.63, 3.8) is 0 Å². The topological polar surface area (TPSA) is 41.4 Å². The van der Waals surface area contributed by atoms with Gasteiger partial charge in [-0.15, -0.1) is 0 Å². The number of aromatic nitrogens is 2. The Hall–Kier alpha value is -1.79. The minimum Gasteiger partial charge on any atom is -0.334 e. The van der Waals surface area contributed by atoms with Crippen LogP contribution in [-0.2, 0) is 6.54 Å². The summed E-state index contributed by atoms with van der Waals surface area (Å²) in [6.45, 7) is 5.06. The van der Waals surface area contributed by atoms with Gasteiger partial charge in [-0.05, 0) is 55.8 Å². The first-order valence-corrected chi connectivity index (χ1v) is 11.1. The van der Waals surface area contributed by atoms with E-state index in [1.54, 1.807) is 6.20 Å². The van der Waals surface area contributed by atoms with Crippen LogP contribution in [0.2, 0.25) is 0 Å². The van der Waals surface area contributed by atoms with Crippen molar-refractivity contribution >= 4 is 17.7 Å². The molecule has 1 amide bonds. The Bertz CT molecular complexity index is 725. The Morgan fingerprint density at radius 1 is 1.11 bits per heavy atom. The van der Waals surface area contributed by atoms with Gasteiger partial charge in [0.15, 0.2) is 0 Å². The highest BCUT2D eigenvalue weighted by molar-refractivity contribution is 7.99. The van der Waals surface area contributed by atoms with Crippen LogP contribution in [0.4, 0.5) is 0 Å². The van der Waals surface area contributed by atoms with E-state index in [1.165, 1.54) is 31.5 Å². The van der Waals surface area contributed by atoms with Crippen LogP contribution < -0.4 is 0 Å². The third kappa shape index (κ3) is 4.74. The number of nitrogens with zero attached hydrogens (tertiary/aromatic N) is 4. The summed E-state index contributed by atoms with van der Waals surface area (Å²) in [5.41, 5.74) is 1.99. The minimum atomic E-state index is 0.191. The van der Waals surface area contributed by atoms with Crippen LogP contribution in [-0.4, -0.2) is 69.0 Å². The van der Waals surface area contributed by atoms with Gasteiger partial charge in [0.2, 0.25) is 0 Å². The third-order valence-electron chi connectivity index (χ3n) is 5.49. The molecule has 2 aliphatic rings. The predicted molar refractivity (Wildman–Crippen MR) is 110 cm³/mol. The molecule has 2 aromatic rings. The number of carbonyl (C=O) groups is 1. The molecule has 0 saturated carbocycles. The van der Waals surface area contributed by atoms with Crippen molar-refractivity contribution in [1.82, 2.24) is 19.4 Å². The number of rotatable bonds is 5. The highest BCUT2D eigenvalue weighted by Gasteiger charge is 2.28. The molecule has 0 bridgehead atoms. The molecule has 4 rings (SSSR count). The van der Waals surface area contributed by atoms with Crippen LogP contribution in [0.1, 0.15) is 35.2 Å². The summed E-state index contributed by atoms with van der Waals surface area (Å²) in [7, 11) is 0. The highest BCUT2D eigenvalue weighted by atomic mass is 32.2. The SMILES string of the molecule is O=C(c1ccc(Cn2ccnc2)cc1)N1CCCSCC1CN1CCCC1. The molecule has 0 N–H and O–H groups in total. The Morgan fingerprint density at radius 2 is 1.93 bits per heavy atom. The number of hydrogen-bond acceptors (Lipinski definition) is 4. The molecule has 0 spiro atoms. The van der Waals surface area contributed by atoms with Gasteiger partial charge in [-0.1, -0.05) is 12.1 Å². The Morgan fingerprint density at radius 3 is 2.67 bits per heavy atom. The number of amides is 1. The van der Waals surface area contributed by atoms with E-state index in [0.717, 1.165) is 43.1 Å². The number of imidazole rings is 1. The largest absolute Gasteiger partial charge is 0.334 e. The van der Waals surface area contributed by atoms with Crippen molar-refractivity contribution in [2.75, 3.05) is 37.7 Å². The second-order valence-electron chi connectivity index (χ2n) is 7.52. The van der Waals surface area contributed by atoms with Gasteiger partial charge < -0.3 is 14.4 Å². The molecule has 2 fully saturated rings. The first-order chi connectivity index (χ1) is 13.3. The fourth-order valence-corrected chi connectivity index (χ4v) is 5.08. The lowest BCUT2D eigenvalue weighted by Crippen LogP contribution is -2.47. The van der Waals surface area contributed by atoms with E-state index in [-0.39, 0.29) is 5.91 Å². The maximum atomic E-state index is 13.2. The monoisotopic (exact) mass is 384 g/mol. The fourth-order valence-electron chi connectivity index (χ4n) is 4.02. The average Bonchev–Trinajstić information content (AvgIpc) is 3.34. The van der Waals surface area contributed by atoms with Gasteiger partial charge in [0.25, 0.3) is 5.91 Å². The average molecular weight is 385 g/mol. The molecule has 1 atom stereocenters. The zero-order valence-corrected chi connectivity index (χ0v) is 16.6. The van der Waals surface area contributed by atoms with Crippen LogP contribution in [0.25, 0.3) is 0 Å². The number of hydrogen-bond donors (Lipinski definition) is 0. The third-order valence-corrected chi connectivity index (χ3v) is 6.69. The molecular weight excluding hydrogens is 356 g/mol. The fraction of sp³-hybridized carbons (Fsp3) is 0.524. The standard InChI is InChI=1S/C21H28N4OS/c26-21(19-6-4-18(5-7-19)14-24-12-8-22-17-24)25-11-3-13-27-16-20(25)15-23-9-1-2-10-23/h4-8,12,17,20H,1-3,9-11,13-16H2. The molecule has 1 aromatic carbocycles. The Balaban J connectivity index is 1.45.